The molecule has 29 heavy (non-hydrogen) atoms. The third kappa shape index (κ3) is 3.81. The van der Waals surface area contributed by atoms with Crippen LogP contribution in [-0.2, 0) is 0 Å². The molecule has 2 N–H and O–H groups in total. The molecule has 10 nitrogen and oxygen atoms in total. The summed E-state index contributed by atoms with van der Waals surface area (Å²) < 4.78 is 10.6. The van der Waals surface area contributed by atoms with E-state index in [-0.39, 0.29) is 17.5 Å². The molecule has 0 unspecified atom stereocenters. The van der Waals surface area contributed by atoms with Gasteiger partial charge in [-0.15, -0.1) is 0 Å². The highest BCUT2D eigenvalue weighted by Gasteiger charge is 2.26. The maximum atomic E-state index is 11.9. The molecule has 0 aliphatic heterocycles. The lowest BCUT2D eigenvalue weighted by atomic mass is 10.1. The van der Waals surface area contributed by atoms with Crippen LogP contribution in [0.15, 0.2) is 71.6 Å². The van der Waals surface area contributed by atoms with E-state index in [0.717, 1.165) is 17.1 Å². The molecule has 10 heteroatoms. The zero-order chi connectivity index (χ0) is 20.2. The molecular formula is C19H13N5O5. The molecular weight excluding hydrogens is 378 g/mol. The molecule has 0 fully saturated rings. The predicted octanol–water partition coefficient (Wildman–Crippen LogP) is 3.68. The van der Waals surface area contributed by atoms with Crippen LogP contribution in [0.5, 0.6) is 11.6 Å². The minimum atomic E-state index is -0.697. The number of benzene rings is 2. The van der Waals surface area contributed by atoms with Gasteiger partial charge < -0.3 is 9.15 Å². The van der Waals surface area contributed by atoms with E-state index >= 15 is 0 Å². The van der Waals surface area contributed by atoms with Gasteiger partial charge in [0.15, 0.2) is 5.76 Å². The fraction of sp³-hybridized carbons (Fsp3) is 0. The van der Waals surface area contributed by atoms with Gasteiger partial charge in [0.1, 0.15) is 12.1 Å². The molecule has 0 bridgehead atoms. The molecule has 0 saturated heterocycles. The first-order valence-corrected chi connectivity index (χ1v) is 8.38. The second kappa shape index (κ2) is 7.64. The molecule has 2 aromatic heterocycles. The number of nitro groups is 1. The van der Waals surface area contributed by atoms with Gasteiger partial charge in [-0.2, -0.15) is 4.98 Å². The van der Waals surface area contributed by atoms with Crippen molar-refractivity contribution in [2.45, 2.75) is 0 Å². The van der Waals surface area contributed by atoms with Crippen molar-refractivity contribution < 1.29 is 18.9 Å². The highest BCUT2D eigenvalue weighted by Crippen LogP contribution is 2.34. The molecule has 0 spiro atoms. The summed E-state index contributed by atoms with van der Waals surface area (Å²) in [5, 5.41) is 13.5. The summed E-state index contributed by atoms with van der Waals surface area (Å²) in [7, 11) is 0. The number of rotatable bonds is 6. The van der Waals surface area contributed by atoms with Gasteiger partial charge in [0.05, 0.1) is 11.2 Å². The van der Waals surface area contributed by atoms with Crippen LogP contribution < -0.4 is 15.6 Å². The van der Waals surface area contributed by atoms with Crippen LogP contribution in [0.1, 0.15) is 10.6 Å². The van der Waals surface area contributed by atoms with Crippen molar-refractivity contribution in [1.29, 1.82) is 0 Å². The van der Waals surface area contributed by atoms with E-state index in [9.17, 15) is 14.9 Å². The van der Waals surface area contributed by atoms with Crippen molar-refractivity contribution in [3.63, 3.8) is 0 Å². The molecule has 0 aliphatic carbocycles. The Labute approximate surface area is 163 Å². The smallest absolute Gasteiger partial charge is 0.374 e. The molecule has 4 aromatic rings. The molecule has 4 rings (SSSR count). The third-order valence-electron chi connectivity index (χ3n) is 3.95. The van der Waals surface area contributed by atoms with Crippen LogP contribution in [0.3, 0.4) is 0 Å². The maximum Gasteiger partial charge on any atom is 0.374 e. The lowest BCUT2D eigenvalue weighted by molar-refractivity contribution is -0.385. The Hall–Kier alpha value is -4.47. The number of furan rings is 1. The van der Waals surface area contributed by atoms with Crippen molar-refractivity contribution >= 4 is 28.2 Å². The number of fused-ring (bicyclic) bond motifs is 1. The first kappa shape index (κ1) is 17.9. The lowest BCUT2D eigenvalue weighted by Crippen LogP contribution is -2.30. The van der Waals surface area contributed by atoms with E-state index in [0.29, 0.717) is 5.75 Å². The summed E-state index contributed by atoms with van der Waals surface area (Å²) in [6.07, 6.45) is 2.42. The average Bonchev–Trinajstić information content (AvgIpc) is 3.27. The standard InChI is InChI=1S/C19H13N5O5/c25-18(15-6-3-9-28-15)23-22-17-16(24(26)27)19(21-11-20-17)29-14-8-7-12-4-1-2-5-13(12)10-14/h1-11H,(H,23,25)(H,20,21,22). The summed E-state index contributed by atoms with van der Waals surface area (Å²) in [6, 6.07) is 15.9. The summed E-state index contributed by atoms with van der Waals surface area (Å²) in [5.74, 6) is -0.728. The molecule has 2 heterocycles. The van der Waals surface area contributed by atoms with Crippen LogP contribution in [0.2, 0.25) is 0 Å². The lowest BCUT2D eigenvalue weighted by Gasteiger charge is -2.10. The highest BCUT2D eigenvalue weighted by molar-refractivity contribution is 5.92. The van der Waals surface area contributed by atoms with Crippen molar-refractivity contribution in [3.05, 3.63) is 83.1 Å². The Kier molecular flexibility index (Phi) is 4.72. The van der Waals surface area contributed by atoms with Crippen LogP contribution >= 0.6 is 0 Å². The molecule has 0 atom stereocenters. The number of nitrogens with one attached hydrogen (secondary N) is 2. The number of carbonyl (C=O) groups excluding carboxylic acids is 1. The number of carbonyl (C=O) groups is 1. The third-order valence-corrected chi connectivity index (χ3v) is 3.95. The topological polar surface area (TPSA) is 132 Å². The fourth-order valence-corrected chi connectivity index (χ4v) is 2.62. The second-order valence-corrected chi connectivity index (χ2v) is 5.80. The van der Waals surface area contributed by atoms with E-state index < -0.39 is 16.5 Å². The molecule has 0 radical (unpaired) electrons. The van der Waals surface area contributed by atoms with Gasteiger partial charge >= 0.3 is 17.5 Å². The normalized spacial score (nSPS) is 10.5. The van der Waals surface area contributed by atoms with Gasteiger partial charge in [0, 0.05) is 0 Å². The summed E-state index contributed by atoms with van der Waals surface area (Å²) in [5.41, 5.74) is 4.16. The van der Waals surface area contributed by atoms with Gasteiger partial charge in [0.25, 0.3) is 0 Å². The highest BCUT2D eigenvalue weighted by atomic mass is 16.6. The summed E-state index contributed by atoms with van der Waals surface area (Å²) >= 11 is 0. The van der Waals surface area contributed by atoms with E-state index in [1.54, 1.807) is 12.1 Å². The first-order valence-electron chi connectivity index (χ1n) is 8.38. The van der Waals surface area contributed by atoms with Crippen molar-refractivity contribution in [2.75, 3.05) is 5.43 Å². The Morgan fingerprint density at radius 2 is 1.90 bits per heavy atom. The van der Waals surface area contributed by atoms with E-state index in [4.69, 9.17) is 9.15 Å². The zero-order valence-electron chi connectivity index (χ0n) is 14.7. The number of ether oxygens (including phenoxy) is 1. The Morgan fingerprint density at radius 1 is 1.07 bits per heavy atom. The van der Waals surface area contributed by atoms with Crippen molar-refractivity contribution in [3.8, 4) is 11.6 Å². The molecule has 0 saturated carbocycles. The van der Waals surface area contributed by atoms with Crippen molar-refractivity contribution in [1.82, 2.24) is 15.4 Å². The number of hydrogen-bond acceptors (Lipinski definition) is 8. The quantitative estimate of drug-likeness (QED) is 0.376. The van der Waals surface area contributed by atoms with Crippen LogP contribution in [-0.4, -0.2) is 20.8 Å². The van der Waals surface area contributed by atoms with Gasteiger partial charge in [-0.25, -0.2) is 4.98 Å². The van der Waals surface area contributed by atoms with Crippen LogP contribution in [0.4, 0.5) is 11.5 Å². The Morgan fingerprint density at radius 3 is 2.66 bits per heavy atom. The zero-order valence-corrected chi connectivity index (χ0v) is 14.7. The predicted molar refractivity (Wildman–Crippen MR) is 103 cm³/mol. The summed E-state index contributed by atoms with van der Waals surface area (Å²) in [6.45, 7) is 0. The second-order valence-electron chi connectivity index (χ2n) is 5.80. The minimum Gasteiger partial charge on any atom is -0.459 e. The molecule has 1 amide bonds. The molecule has 0 aliphatic rings. The monoisotopic (exact) mass is 391 g/mol. The summed E-state index contributed by atoms with van der Waals surface area (Å²) in [4.78, 5) is 30.5. The van der Waals surface area contributed by atoms with E-state index in [1.165, 1.54) is 18.4 Å². The minimum absolute atomic E-state index is 0.0295. The number of hydrogen-bond donors (Lipinski definition) is 2. The van der Waals surface area contributed by atoms with Crippen molar-refractivity contribution in [2.24, 2.45) is 0 Å². The molecule has 144 valence electrons. The van der Waals surface area contributed by atoms with Crippen LogP contribution in [0, 0.1) is 10.1 Å². The molecule has 2 aromatic carbocycles. The largest absolute Gasteiger partial charge is 0.459 e. The first-order chi connectivity index (χ1) is 14.1. The Bertz CT molecular complexity index is 1190. The maximum absolute atomic E-state index is 11.9. The Balaban J connectivity index is 1.60. The number of amides is 1. The van der Waals surface area contributed by atoms with Gasteiger partial charge in [-0.1, -0.05) is 30.3 Å². The average molecular weight is 391 g/mol. The van der Waals surface area contributed by atoms with E-state index in [2.05, 4.69) is 20.8 Å². The van der Waals surface area contributed by atoms with Crippen LogP contribution in [0.25, 0.3) is 10.8 Å². The fourth-order valence-electron chi connectivity index (χ4n) is 2.62. The SMILES string of the molecule is O=C(NNc1ncnc(Oc2ccc3ccccc3c2)c1[N+](=O)[O-])c1ccco1. The number of nitrogens with zero attached hydrogens (tertiary/aromatic N) is 3. The van der Waals surface area contributed by atoms with Gasteiger partial charge in [-0.3, -0.25) is 25.8 Å². The number of hydrazine groups is 1. The van der Waals surface area contributed by atoms with Gasteiger partial charge in [0.2, 0.25) is 5.82 Å². The number of anilines is 1. The van der Waals surface area contributed by atoms with E-state index in [1.807, 2.05) is 30.3 Å². The van der Waals surface area contributed by atoms with Gasteiger partial charge in [-0.05, 0) is 35.0 Å². The number of aromatic nitrogens is 2.